The summed E-state index contributed by atoms with van der Waals surface area (Å²) in [6.07, 6.45) is 5.19. The number of rotatable bonds is 3. The van der Waals surface area contributed by atoms with E-state index >= 15 is 0 Å². The third-order valence-electron chi connectivity index (χ3n) is 1.23. The fourth-order valence-corrected chi connectivity index (χ4v) is 0.727. The number of nitrogens with one attached hydrogen (secondary N) is 1. The lowest BCUT2D eigenvalue weighted by atomic mass is 10.4. The summed E-state index contributed by atoms with van der Waals surface area (Å²) in [6.45, 7) is 0.473. The predicted molar refractivity (Wildman–Crippen MR) is 42.9 cm³/mol. The van der Waals surface area contributed by atoms with Crippen molar-refractivity contribution in [3.05, 3.63) is 35.4 Å². The van der Waals surface area contributed by atoms with Crippen molar-refractivity contribution in [2.45, 2.75) is 0 Å². The molecule has 1 rings (SSSR count). The Morgan fingerprint density at radius 1 is 1.73 bits per heavy atom. The number of hydroxylamine groups is 2. The first-order valence-electron chi connectivity index (χ1n) is 3.48. The quantitative estimate of drug-likeness (QED) is 0.635. The van der Waals surface area contributed by atoms with Crippen LogP contribution in [0.3, 0.4) is 0 Å². The molecule has 1 unspecified atom stereocenters. The molecule has 0 spiro atoms. The molecule has 1 atom stereocenters. The largest absolute Gasteiger partial charge is 0.634 e. The molecule has 1 aromatic heterocycles. The van der Waals surface area contributed by atoms with Gasteiger partial charge >= 0.3 is 0 Å². The minimum absolute atomic E-state index is 0.160. The van der Waals surface area contributed by atoms with E-state index in [9.17, 15) is 5.21 Å². The van der Waals surface area contributed by atoms with Gasteiger partial charge in [0.25, 0.3) is 0 Å². The second-order valence-corrected chi connectivity index (χ2v) is 2.32. The summed E-state index contributed by atoms with van der Waals surface area (Å²) in [5.41, 5.74) is 0. The van der Waals surface area contributed by atoms with Crippen molar-refractivity contribution in [2.24, 2.45) is 0 Å². The molecule has 0 amide bonds. The Morgan fingerprint density at radius 2 is 2.55 bits per heavy atom. The van der Waals surface area contributed by atoms with Crippen LogP contribution >= 0.6 is 0 Å². The Morgan fingerprint density at radius 3 is 3.09 bits per heavy atom. The maximum absolute atomic E-state index is 10.5. The van der Waals surface area contributed by atoms with Crippen molar-refractivity contribution in [3.8, 4) is 0 Å². The third-order valence-corrected chi connectivity index (χ3v) is 1.23. The number of furan rings is 1. The molecule has 3 heteroatoms. The van der Waals surface area contributed by atoms with Gasteiger partial charge in [0.15, 0.2) is 0 Å². The van der Waals surface area contributed by atoms with E-state index in [4.69, 9.17) is 4.42 Å². The summed E-state index contributed by atoms with van der Waals surface area (Å²) in [4.78, 5) is 0. The van der Waals surface area contributed by atoms with Gasteiger partial charge in [-0.15, -0.1) is 0 Å². The van der Waals surface area contributed by atoms with Crippen molar-refractivity contribution in [1.29, 1.82) is 0 Å². The molecule has 11 heavy (non-hydrogen) atoms. The molecule has 0 aromatic carbocycles. The Kier molecular flexibility index (Phi) is 2.89. The van der Waals surface area contributed by atoms with Gasteiger partial charge in [-0.1, -0.05) is 0 Å². The zero-order chi connectivity index (χ0) is 8.10. The Labute approximate surface area is 65.5 Å². The second kappa shape index (κ2) is 3.95. The van der Waals surface area contributed by atoms with Gasteiger partial charge in [0.2, 0.25) is 0 Å². The smallest absolute Gasteiger partial charge is 0.126 e. The molecule has 1 N–H and O–H groups in total. The van der Waals surface area contributed by atoms with Gasteiger partial charge in [-0.3, -0.25) is 0 Å². The van der Waals surface area contributed by atoms with Crippen molar-refractivity contribution < 1.29 is 9.48 Å². The fraction of sp³-hybridized carbons (Fsp3) is 0.250. The summed E-state index contributed by atoms with van der Waals surface area (Å²) in [5.74, 6) is 0.784. The van der Waals surface area contributed by atoms with E-state index in [-0.39, 0.29) is 5.06 Å². The molecule has 3 nitrogen and oxygen atoms in total. The van der Waals surface area contributed by atoms with Gasteiger partial charge in [-0.2, -0.15) is 0 Å². The van der Waals surface area contributed by atoms with Crippen molar-refractivity contribution in [3.63, 3.8) is 0 Å². The minimum atomic E-state index is 0.160. The maximum Gasteiger partial charge on any atom is 0.126 e. The Hall–Kier alpha value is -1.06. The predicted octanol–water partition coefficient (Wildman–Crippen LogP) is 0.305. The van der Waals surface area contributed by atoms with Gasteiger partial charge in [-0.25, -0.2) is 0 Å². The topological polar surface area (TPSA) is 40.6 Å². The zero-order valence-electron chi connectivity index (χ0n) is 6.41. The van der Waals surface area contributed by atoms with Crippen LogP contribution in [0.4, 0.5) is 0 Å². The number of hydrogen-bond acceptors (Lipinski definition) is 2. The Bertz CT molecular complexity index is 214. The first-order valence-corrected chi connectivity index (χ1v) is 3.48. The molecule has 0 radical (unpaired) electrons. The van der Waals surface area contributed by atoms with Gasteiger partial charge in [0.05, 0.1) is 19.9 Å². The van der Waals surface area contributed by atoms with E-state index in [0.717, 1.165) is 5.76 Å². The van der Waals surface area contributed by atoms with E-state index in [0.29, 0.717) is 6.54 Å². The second-order valence-electron chi connectivity index (χ2n) is 2.32. The van der Waals surface area contributed by atoms with Crippen LogP contribution in [0.15, 0.2) is 28.9 Å². The molecule has 1 heterocycles. The molecule has 1 aromatic rings. The molecule has 0 saturated heterocycles. The zero-order valence-corrected chi connectivity index (χ0v) is 6.41. The average Bonchev–Trinajstić information content (AvgIpc) is 2.39. The van der Waals surface area contributed by atoms with Crippen LogP contribution in [-0.4, -0.2) is 13.6 Å². The van der Waals surface area contributed by atoms with Crippen LogP contribution in [0.25, 0.3) is 6.08 Å². The van der Waals surface area contributed by atoms with E-state index < -0.39 is 0 Å². The summed E-state index contributed by atoms with van der Waals surface area (Å²) in [6, 6.07) is 3.66. The monoisotopic (exact) mass is 153 g/mol. The van der Waals surface area contributed by atoms with Crippen LogP contribution in [0.2, 0.25) is 0 Å². The number of likely N-dealkylation sites (N-methyl/N-ethyl adjacent to an activating group) is 1. The first kappa shape index (κ1) is 8.04. The minimum Gasteiger partial charge on any atom is -0.634 e. The summed E-state index contributed by atoms with van der Waals surface area (Å²) in [7, 11) is 1.56. The van der Waals surface area contributed by atoms with Crippen LogP contribution < -0.4 is 5.06 Å². The highest BCUT2D eigenvalue weighted by Gasteiger charge is 1.86. The van der Waals surface area contributed by atoms with E-state index in [1.165, 1.54) is 0 Å². The van der Waals surface area contributed by atoms with Crippen LogP contribution in [0.5, 0.6) is 0 Å². The van der Waals surface area contributed by atoms with E-state index in [1.54, 1.807) is 25.5 Å². The van der Waals surface area contributed by atoms with Gasteiger partial charge < -0.3 is 14.7 Å². The normalized spacial score (nSPS) is 14.0. The molecule has 0 fully saturated rings. The lowest BCUT2D eigenvalue weighted by Crippen LogP contribution is -3.03. The van der Waals surface area contributed by atoms with Crippen LogP contribution in [0.1, 0.15) is 5.76 Å². The maximum atomic E-state index is 10.5. The SMILES string of the molecule is C[NH+]([O-])C/C=C/c1ccco1. The van der Waals surface area contributed by atoms with Gasteiger partial charge in [0, 0.05) is 0 Å². The molecule has 0 saturated carbocycles. The lowest BCUT2D eigenvalue weighted by molar-refractivity contribution is -0.818. The standard InChI is InChI=1S/C8H11NO2/c1-9(10)6-2-4-8-5-3-7-11-8/h2-5,7,9H,6H2,1H3/b4-2+. The highest BCUT2D eigenvalue weighted by Crippen LogP contribution is 2.00. The van der Waals surface area contributed by atoms with Gasteiger partial charge in [-0.05, 0) is 24.3 Å². The van der Waals surface area contributed by atoms with E-state index in [1.807, 2.05) is 12.1 Å². The van der Waals surface area contributed by atoms with Crippen LogP contribution in [-0.2, 0) is 0 Å². The first-order chi connectivity index (χ1) is 5.29. The Balaban J connectivity index is 2.37. The summed E-state index contributed by atoms with van der Waals surface area (Å²) in [5, 5.41) is 10.7. The van der Waals surface area contributed by atoms with Crippen molar-refractivity contribution >= 4 is 6.08 Å². The average molecular weight is 153 g/mol. The molecule has 60 valence electrons. The molecule has 0 aliphatic rings. The van der Waals surface area contributed by atoms with Crippen molar-refractivity contribution in [1.82, 2.24) is 0 Å². The third kappa shape index (κ3) is 3.02. The van der Waals surface area contributed by atoms with Crippen LogP contribution in [0, 0.1) is 5.21 Å². The summed E-state index contributed by atoms with van der Waals surface area (Å²) < 4.78 is 5.02. The molecule has 0 aliphatic carbocycles. The van der Waals surface area contributed by atoms with Gasteiger partial charge in [0.1, 0.15) is 5.76 Å². The number of quaternary nitrogens is 1. The van der Waals surface area contributed by atoms with Crippen molar-refractivity contribution in [2.75, 3.05) is 13.6 Å². The molecule has 0 aliphatic heterocycles. The molecule has 0 bridgehead atoms. The number of hydrogen-bond donors (Lipinski definition) is 1. The van der Waals surface area contributed by atoms with E-state index in [2.05, 4.69) is 0 Å². The molecular weight excluding hydrogens is 142 g/mol. The highest BCUT2D eigenvalue weighted by molar-refractivity contribution is 5.41. The fourth-order valence-electron chi connectivity index (χ4n) is 0.727. The molecular formula is C8H11NO2. The lowest BCUT2D eigenvalue weighted by Gasteiger charge is -2.12. The highest BCUT2D eigenvalue weighted by atomic mass is 16.5. The summed E-state index contributed by atoms with van der Waals surface area (Å²) >= 11 is 0.